The van der Waals surface area contributed by atoms with Gasteiger partial charge in [0, 0.05) is 11.1 Å². The van der Waals surface area contributed by atoms with Crippen molar-refractivity contribution in [2.75, 3.05) is 0 Å². The van der Waals surface area contributed by atoms with E-state index in [0.717, 1.165) is 17.2 Å². The molecule has 0 radical (unpaired) electrons. The summed E-state index contributed by atoms with van der Waals surface area (Å²) < 4.78 is 0. The van der Waals surface area contributed by atoms with Crippen molar-refractivity contribution >= 4 is 46.7 Å². The van der Waals surface area contributed by atoms with E-state index in [4.69, 9.17) is 23.2 Å². The summed E-state index contributed by atoms with van der Waals surface area (Å²) in [6.07, 6.45) is 3.38. The topological polar surface area (TPSA) is 95.5 Å². The fourth-order valence-corrected chi connectivity index (χ4v) is 3.69. The first-order valence-electron chi connectivity index (χ1n) is 9.09. The molecule has 8 heteroatoms. The molecule has 0 fully saturated rings. The number of alkyl halides is 2. The Bertz CT molecular complexity index is 999. The minimum Gasteiger partial charge on any atom is -0.595 e. The van der Waals surface area contributed by atoms with Crippen LogP contribution in [0.5, 0.6) is 0 Å². The molecule has 0 bridgehead atoms. The van der Waals surface area contributed by atoms with Crippen LogP contribution in [0.4, 0.5) is 11.4 Å². The second kappa shape index (κ2) is 10.2. The third-order valence-electron chi connectivity index (χ3n) is 4.61. The van der Waals surface area contributed by atoms with Gasteiger partial charge in [-0.15, -0.1) is 23.2 Å². The Hall–Kier alpha value is -2.26. The Morgan fingerprint density at radius 1 is 0.733 bits per heavy atom. The fraction of sp³-hybridized carbons (Fsp3) is 0.0909. The van der Waals surface area contributed by atoms with E-state index < -0.39 is 21.2 Å². The number of hydrogen-bond donors (Lipinski definition) is 4. The van der Waals surface area contributed by atoms with Crippen molar-refractivity contribution in [3.63, 3.8) is 0 Å². The molecule has 4 unspecified atom stereocenters. The maximum absolute atomic E-state index is 11.8. The molecular formula is C22H20Cl2N2O4. The van der Waals surface area contributed by atoms with Gasteiger partial charge >= 0.3 is 0 Å². The second-order valence-electron chi connectivity index (χ2n) is 6.60. The van der Waals surface area contributed by atoms with Gasteiger partial charge in [0.2, 0.25) is 0 Å². The van der Waals surface area contributed by atoms with Gasteiger partial charge in [-0.05, 0) is 23.3 Å². The van der Waals surface area contributed by atoms with Crippen LogP contribution in [0.3, 0.4) is 0 Å². The number of nitrogens with one attached hydrogen (secondary N) is 2. The zero-order valence-corrected chi connectivity index (χ0v) is 17.2. The molecule has 0 saturated heterocycles. The molecular weight excluding hydrogens is 427 g/mol. The Morgan fingerprint density at radius 2 is 1.30 bits per heavy atom. The molecule has 3 rings (SSSR count). The highest BCUT2D eigenvalue weighted by molar-refractivity contribution is 6.30. The normalized spacial score (nSPS) is 15.7. The first-order valence-corrected chi connectivity index (χ1v) is 9.96. The minimum absolute atomic E-state index is 0.127. The number of quaternary nitrogens is 2. The van der Waals surface area contributed by atoms with E-state index in [-0.39, 0.29) is 16.9 Å². The lowest BCUT2D eigenvalue weighted by molar-refractivity contribution is -0.996. The quantitative estimate of drug-likeness (QED) is 0.251. The van der Waals surface area contributed by atoms with Crippen molar-refractivity contribution in [3.8, 4) is 0 Å². The van der Waals surface area contributed by atoms with E-state index in [1.165, 1.54) is 6.07 Å². The SMILES string of the molecule is [O-][NH+](O)c1cc([NH+]([O-])O)c(C(Cl)C(Cl)c2ccccc2)cc1C=Cc1ccccc1. The molecule has 3 aromatic rings. The van der Waals surface area contributed by atoms with Crippen LogP contribution in [0.25, 0.3) is 12.2 Å². The number of hydrogen-bond acceptors (Lipinski definition) is 4. The van der Waals surface area contributed by atoms with E-state index >= 15 is 0 Å². The van der Waals surface area contributed by atoms with Crippen molar-refractivity contribution in [3.05, 3.63) is 105 Å². The maximum Gasteiger partial charge on any atom is 0.177 e. The number of halogens is 2. The molecule has 0 aliphatic rings. The van der Waals surface area contributed by atoms with Crippen molar-refractivity contribution in [1.82, 2.24) is 0 Å². The summed E-state index contributed by atoms with van der Waals surface area (Å²) in [7, 11) is 0. The van der Waals surface area contributed by atoms with Crippen LogP contribution in [0, 0.1) is 10.4 Å². The third kappa shape index (κ3) is 5.26. The van der Waals surface area contributed by atoms with Gasteiger partial charge in [-0.25, -0.2) is 10.4 Å². The van der Waals surface area contributed by atoms with Gasteiger partial charge in [-0.1, -0.05) is 66.7 Å². The molecule has 0 aliphatic carbocycles. The molecule has 4 N–H and O–H groups in total. The van der Waals surface area contributed by atoms with E-state index in [0.29, 0.717) is 5.56 Å². The molecule has 6 nitrogen and oxygen atoms in total. The van der Waals surface area contributed by atoms with Gasteiger partial charge in [0.05, 0.1) is 16.8 Å². The molecule has 30 heavy (non-hydrogen) atoms. The van der Waals surface area contributed by atoms with Crippen LogP contribution in [0.1, 0.15) is 33.0 Å². The average Bonchev–Trinajstić information content (AvgIpc) is 2.77. The van der Waals surface area contributed by atoms with Crippen LogP contribution in [0.15, 0.2) is 72.8 Å². The summed E-state index contributed by atoms with van der Waals surface area (Å²) in [5.74, 6) is 0. The van der Waals surface area contributed by atoms with Gasteiger partial charge in [-0.2, -0.15) is 10.5 Å². The Labute approximate surface area is 183 Å². The fourth-order valence-electron chi connectivity index (χ4n) is 3.08. The zero-order chi connectivity index (χ0) is 21.7. The van der Waals surface area contributed by atoms with Crippen LogP contribution in [-0.4, -0.2) is 10.4 Å². The van der Waals surface area contributed by atoms with Crippen molar-refractivity contribution in [1.29, 1.82) is 0 Å². The van der Waals surface area contributed by atoms with E-state index in [1.807, 2.05) is 48.5 Å². The number of rotatable bonds is 7. The second-order valence-corrected chi connectivity index (χ2v) is 7.54. The zero-order valence-electron chi connectivity index (χ0n) is 15.7. The standard InChI is InChI=1S/C22H20Cl2N2O4/c23-21(16-9-5-2-6-10-16)22(24)18-13-17(12-11-15-7-3-1-4-8-15)19(25(27)28)14-20(18)26(29)30/h1-14,21-22,25-27,29H. The summed E-state index contributed by atoms with van der Waals surface area (Å²) in [6.45, 7) is 0. The molecule has 0 aromatic heterocycles. The summed E-state index contributed by atoms with van der Waals surface area (Å²) in [5.41, 5.74) is 1.89. The Morgan fingerprint density at radius 3 is 1.87 bits per heavy atom. The molecule has 0 spiro atoms. The van der Waals surface area contributed by atoms with Crippen molar-refractivity contribution in [2.24, 2.45) is 0 Å². The predicted octanol–water partition coefficient (Wildman–Crippen LogP) is 3.92. The van der Waals surface area contributed by atoms with E-state index in [9.17, 15) is 20.8 Å². The molecule has 4 atom stereocenters. The van der Waals surface area contributed by atoms with E-state index in [1.54, 1.807) is 24.3 Å². The first-order chi connectivity index (χ1) is 14.4. The van der Waals surface area contributed by atoms with Crippen LogP contribution in [-0.2, 0) is 0 Å². The van der Waals surface area contributed by atoms with Crippen LogP contribution >= 0.6 is 23.2 Å². The molecule has 3 aromatic carbocycles. The average molecular weight is 447 g/mol. The predicted molar refractivity (Wildman–Crippen MR) is 117 cm³/mol. The lowest BCUT2D eigenvalue weighted by Crippen LogP contribution is -3.01. The van der Waals surface area contributed by atoms with Gasteiger partial charge in [0.25, 0.3) is 0 Å². The van der Waals surface area contributed by atoms with Crippen LogP contribution in [0.2, 0.25) is 0 Å². The van der Waals surface area contributed by atoms with Gasteiger partial charge < -0.3 is 10.4 Å². The molecule has 0 aliphatic heterocycles. The summed E-state index contributed by atoms with van der Waals surface area (Å²) in [6, 6.07) is 21.0. The molecule has 0 heterocycles. The third-order valence-corrected chi connectivity index (χ3v) is 5.73. The first kappa shape index (κ1) is 22.4. The van der Waals surface area contributed by atoms with Crippen molar-refractivity contribution < 1.29 is 20.9 Å². The molecule has 0 saturated carbocycles. The summed E-state index contributed by atoms with van der Waals surface area (Å²) in [5, 5.41) is 38.8. The highest BCUT2D eigenvalue weighted by Gasteiger charge is 2.28. The van der Waals surface area contributed by atoms with Crippen molar-refractivity contribution in [2.45, 2.75) is 10.8 Å². The molecule has 156 valence electrons. The summed E-state index contributed by atoms with van der Waals surface area (Å²) in [4.78, 5) is 0. The highest BCUT2D eigenvalue weighted by atomic mass is 35.5. The van der Waals surface area contributed by atoms with Crippen LogP contribution < -0.4 is 10.5 Å². The van der Waals surface area contributed by atoms with Gasteiger partial charge in [0.15, 0.2) is 11.4 Å². The summed E-state index contributed by atoms with van der Waals surface area (Å²) >= 11 is 13.1. The van der Waals surface area contributed by atoms with E-state index in [2.05, 4.69) is 0 Å². The lowest BCUT2D eigenvalue weighted by Gasteiger charge is -2.24. The molecule has 0 amide bonds. The number of benzene rings is 3. The van der Waals surface area contributed by atoms with Gasteiger partial charge in [0.1, 0.15) is 0 Å². The highest BCUT2D eigenvalue weighted by Crippen LogP contribution is 2.42. The van der Waals surface area contributed by atoms with Gasteiger partial charge in [-0.3, -0.25) is 0 Å². The Balaban J connectivity index is 2.08. The Kier molecular flexibility index (Phi) is 7.60. The minimum atomic E-state index is -1.27. The maximum atomic E-state index is 11.8. The monoisotopic (exact) mass is 446 g/mol. The largest absolute Gasteiger partial charge is 0.595 e. The smallest absolute Gasteiger partial charge is 0.177 e. The lowest BCUT2D eigenvalue weighted by atomic mass is 9.98.